The van der Waals surface area contributed by atoms with E-state index >= 15 is 0 Å². The number of rotatable bonds is 4. The van der Waals surface area contributed by atoms with Crippen LogP contribution >= 0.6 is 0 Å². The molecule has 0 aromatic heterocycles. The van der Waals surface area contributed by atoms with Gasteiger partial charge in [-0.25, -0.2) is 8.42 Å². The Morgan fingerprint density at radius 2 is 1.80 bits per heavy atom. The Balaban J connectivity index is 1.71. The van der Waals surface area contributed by atoms with E-state index in [0.29, 0.717) is 23.6 Å². The summed E-state index contributed by atoms with van der Waals surface area (Å²) < 4.78 is 22.5. The SMILES string of the molecule is CC(CC1CC1)NC1CCS(=O)(=O)CC1. The van der Waals surface area contributed by atoms with Crippen LogP contribution in [0.4, 0.5) is 0 Å². The molecule has 1 atom stereocenters. The minimum atomic E-state index is -2.70. The minimum Gasteiger partial charge on any atom is -0.311 e. The van der Waals surface area contributed by atoms with Gasteiger partial charge in [0.05, 0.1) is 11.5 Å². The molecule has 2 rings (SSSR count). The molecule has 2 aliphatic rings. The van der Waals surface area contributed by atoms with Crippen LogP contribution in [0.5, 0.6) is 0 Å². The van der Waals surface area contributed by atoms with Gasteiger partial charge in [0.15, 0.2) is 0 Å². The van der Waals surface area contributed by atoms with Crippen molar-refractivity contribution in [2.45, 2.75) is 51.1 Å². The van der Waals surface area contributed by atoms with E-state index in [1.54, 1.807) is 0 Å². The van der Waals surface area contributed by atoms with Crippen LogP contribution in [-0.4, -0.2) is 32.0 Å². The molecule has 0 aromatic carbocycles. The summed E-state index contributed by atoms with van der Waals surface area (Å²) in [6, 6.07) is 0.991. The van der Waals surface area contributed by atoms with Crippen molar-refractivity contribution in [2.75, 3.05) is 11.5 Å². The second-order valence-electron chi connectivity index (χ2n) is 5.17. The summed E-state index contributed by atoms with van der Waals surface area (Å²) in [6.07, 6.45) is 5.66. The lowest BCUT2D eigenvalue weighted by Gasteiger charge is -2.26. The Morgan fingerprint density at radius 3 is 2.33 bits per heavy atom. The van der Waals surface area contributed by atoms with Crippen LogP contribution in [0.1, 0.15) is 39.0 Å². The fourth-order valence-electron chi connectivity index (χ4n) is 2.38. The highest BCUT2D eigenvalue weighted by Crippen LogP contribution is 2.33. The fourth-order valence-corrected chi connectivity index (χ4v) is 3.87. The van der Waals surface area contributed by atoms with Crippen molar-refractivity contribution in [3.63, 3.8) is 0 Å². The van der Waals surface area contributed by atoms with Crippen LogP contribution in [0.3, 0.4) is 0 Å². The maximum atomic E-state index is 11.2. The van der Waals surface area contributed by atoms with E-state index in [-0.39, 0.29) is 0 Å². The standard InChI is InChI=1S/C11H21NO2S/c1-9(8-10-2-3-10)12-11-4-6-15(13,14)7-5-11/h9-12H,2-8H2,1H3. The molecule has 1 aliphatic heterocycles. The first-order chi connectivity index (χ1) is 7.05. The van der Waals surface area contributed by atoms with Crippen LogP contribution in [0.25, 0.3) is 0 Å². The first-order valence-electron chi connectivity index (χ1n) is 6.01. The summed E-state index contributed by atoms with van der Waals surface area (Å²) in [5.41, 5.74) is 0. The van der Waals surface area contributed by atoms with Crippen molar-refractivity contribution < 1.29 is 8.42 Å². The van der Waals surface area contributed by atoms with Crippen LogP contribution < -0.4 is 5.32 Å². The van der Waals surface area contributed by atoms with Gasteiger partial charge in [-0.2, -0.15) is 0 Å². The van der Waals surface area contributed by atoms with E-state index in [1.165, 1.54) is 19.3 Å². The van der Waals surface area contributed by atoms with Gasteiger partial charge >= 0.3 is 0 Å². The Morgan fingerprint density at radius 1 is 1.20 bits per heavy atom. The van der Waals surface area contributed by atoms with Crippen LogP contribution in [0.15, 0.2) is 0 Å². The number of sulfone groups is 1. The van der Waals surface area contributed by atoms with E-state index < -0.39 is 9.84 Å². The summed E-state index contributed by atoms with van der Waals surface area (Å²) in [5.74, 6) is 1.70. The van der Waals surface area contributed by atoms with Crippen LogP contribution in [-0.2, 0) is 9.84 Å². The van der Waals surface area contributed by atoms with Crippen molar-refractivity contribution in [1.29, 1.82) is 0 Å². The van der Waals surface area contributed by atoms with Crippen LogP contribution in [0, 0.1) is 5.92 Å². The zero-order valence-electron chi connectivity index (χ0n) is 9.41. The van der Waals surface area contributed by atoms with E-state index in [4.69, 9.17) is 0 Å². The minimum absolute atomic E-state index is 0.376. The molecule has 0 radical (unpaired) electrons. The van der Waals surface area contributed by atoms with Gasteiger partial charge in [0.25, 0.3) is 0 Å². The van der Waals surface area contributed by atoms with Crippen molar-refractivity contribution in [3.8, 4) is 0 Å². The normalized spacial score (nSPS) is 28.9. The third-order valence-corrected chi connectivity index (χ3v) is 5.17. The summed E-state index contributed by atoms with van der Waals surface area (Å²) >= 11 is 0. The van der Waals surface area contributed by atoms with Crippen molar-refractivity contribution >= 4 is 9.84 Å². The monoisotopic (exact) mass is 231 g/mol. The van der Waals surface area contributed by atoms with Gasteiger partial charge in [-0.15, -0.1) is 0 Å². The highest BCUT2D eigenvalue weighted by atomic mass is 32.2. The molecule has 88 valence electrons. The second kappa shape index (κ2) is 4.42. The Labute approximate surface area is 92.6 Å². The molecule has 4 heteroatoms. The third kappa shape index (κ3) is 3.76. The Hall–Kier alpha value is -0.0900. The van der Waals surface area contributed by atoms with Gasteiger partial charge < -0.3 is 5.32 Å². The lowest BCUT2D eigenvalue weighted by molar-refractivity contribution is 0.389. The quantitative estimate of drug-likeness (QED) is 0.794. The predicted molar refractivity (Wildman–Crippen MR) is 61.6 cm³/mol. The Bertz CT molecular complexity index is 295. The molecule has 3 nitrogen and oxygen atoms in total. The molecule has 15 heavy (non-hydrogen) atoms. The molecule has 1 heterocycles. The van der Waals surface area contributed by atoms with Gasteiger partial charge in [0.1, 0.15) is 9.84 Å². The number of nitrogens with one attached hydrogen (secondary N) is 1. The first-order valence-corrected chi connectivity index (χ1v) is 7.84. The lowest BCUT2D eigenvalue weighted by Crippen LogP contribution is -2.42. The topological polar surface area (TPSA) is 46.2 Å². The van der Waals surface area contributed by atoms with E-state index in [2.05, 4.69) is 12.2 Å². The van der Waals surface area contributed by atoms with Crippen LogP contribution in [0.2, 0.25) is 0 Å². The van der Waals surface area contributed by atoms with Crippen molar-refractivity contribution in [1.82, 2.24) is 5.32 Å². The van der Waals surface area contributed by atoms with Gasteiger partial charge in [-0.1, -0.05) is 12.8 Å². The summed E-state index contributed by atoms with van der Waals surface area (Å²) in [6.45, 7) is 2.22. The van der Waals surface area contributed by atoms with Gasteiger partial charge in [0.2, 0.25) is 0 Å². The third-order valence-electron chi connectivity index (χ3n) is 3.46. The molecule has 1 saturated carbocycles. The smallest absolute Gasteiger partial charge is 0.150 e. The first kappa shape index (κ1) is 11.4. The van der Waals surface area contributed by atoms with Gasteiger partial charge in [-0.05, 0) is 32.1 Å². The summed E-state index contributed by atoms with van der Waals surface area (Å²) in [7, 11) is -2.70. The molecule has 0 aromatic rings. The molecule has 0 amide bonds. The molecule has 1 unspecified atom stereocenters. The molecule has 0 spiro atoms. The number of hydrogen-bond acceptors (Lipinski definition) is 3. The van der Waals surface area contributed by atoms with E-state index in [0.717, 1.165) is 18.8 Å². The van der Waals surface area contributed by atoms with Crippen molar-refractivity contribution in [3.05, 3.63) is 0 Å². The molecular weight excluding hydrogens is 210 g/mol. The highest BCUT2D eigenvalue weighted by molar-refractivity contribution is 7.91. The molecule has 1 aliphatic carbocycles. The second-order valence-corrected chi connectivity index (χ2v) is 7.48. The number of hydrogen-bond donors (Lipinski definition) is 1. The zero-order chi connectivity index (χ0) is 10.9. The molecule has 2 fully saturated rings. The highest BCUT2D eigenvalue weighted by Gasteiger charge is 2.27. The van der Waals surface area contributed by atoms with Crippen molar-refractivity contribution in [2.24, 2.45) is 5.92 Å². The predicted octanol–water partition coefficient (Wildman–Crippen LogP) is 1.34. The molecular formula is C11H21NO2S. The zero-order valence-corrected chi connectivity index (χ0v) is 10.2. The Kier molecular flexibility index (Phi) is 3.36. The maximum Gasteiger partial charge on any atom is 0.150 e. The molecule has 1 saturated heterocycles. The van der Waals surface area contributed by atoms with E-state index in [9.17, 15) is 8.42 Å². The molecule has 0 bridgehead atoms. The van der Waals surface area contributed by atoms with Gasteiger partial charge in [-0.3, -0.25) is 0 Å². The largest absolute Gasteiger partial charge is 0.311 e. The summed E-state index contributed by atoms with van der Waals surface area (Å²) in [4.78, 5) is 0. The fraction of sp³-hybridized carbons (Fsp3) is 1.00. The lowest BCUT2D eigenvalue weighted by atomic mass is 10.1. The molecule has 1 N–H and O–H groups in total. The maximum absolute atomic E-state index is 11.2. The van der Waals surface area contributed by atoms with Gasteiger partial charge in [0, 0.05) is 12.1 Å². The average molecular weight is 231 g/mol. The summed E-state index contributed by atoms with van der Waals surface area (Å²) in [5, 5.41) is 3.56. The van der Waals surface area contributed by atoms with E-state index in [1.807, 2.05) is 0 Å². The average Bonchev–Trinajstić information content (AvgIpc) is 2.92.